The van der Waals surface area contributed by atoms with E-state index in [1.807, 2.05) is 13.0 Å². The Morgan fingerprint density at radius 2 is 1.82 bits per heavy atom. The highest BCUT2D eigenvalue weighted by Gasteiger charge is 2.19. The van der Waals surface area contributed by atoms with Gasteiger partial charge in [0.15, 0.2) is 17.3 Å². The number of ether oxygens (including phenoxy) is 2. The van der Waals surface area contributed by atoms with E-state index in [1.54, 1.807) is 12.1 Å². The van der Waals surface area contributed by atoms with E-state index >= 15 is 0 Å². The quantitative estimate of drug-likeness (QED) is 0.725. The van der Waals surface area contributed by atoms with Gasteiger partial charge in [0.1, 0.15) is 0 Å². The van der Waals surface area contributed by atoms with Crippen LogP contribution in [0.3, 0.4) is 0 Å². The number of fused-ring (bicyclic) bond motifs is 1. The van der Waals surface area contributed by atoms with Crippen molar-refractivity contribution < 1.29 is 18.5 Å². The molecule has 0 bridgehead atoms. The Hall–Kier alpha value is -2.90. The summed E-state index contributed by atoms with van der Waals surface area (Å²) in [7, 11) is 0. The van der Waals surface area contributed by atoms with E-state index in [2.05, 4.69) is 20.3 Å². The van der Waals surface area contributed by atoms with Gasteiger partial charge in [0.05, 0.1) is 0 Å². The van der Waals surface area contributed by atoms with Crippen LogP contribution in [0, 0.1) is 0 Å². The summed E-state index contributed by atoms with van der Waals surface area (Å²) in [4.78, 5) is 8.50. The monoisotopic (exact) mass is 300 g/mol. The lowest BCUT2D eigenvalue weighted by Crippen LogP contribution is -1.92. The maximum atomic E-state index is 5.33. The lowest BCUT2D eigenvalue weighted by atomic mass is 10.2. The highest BCUT2D eigenvalue weighted by atomic mass is 16.7. The fraction of sp³-hybridized carbons (Fsp3) is 0.286. The normalized spacial score (nSPS) is 12.8. The third kappa shape index (κ3) is 2.18. The fourth-order valence-electron chi connectivity index (χ4n) is 2.13. The Morgan fingerprint density at radius 1 is 1.00 bits per heavy atom. The molecule has 0 atom stereocenters. The predicted molar refractivity (Wildman–Crippen MR) is 73.1 cm³/mol. The third-order valence-corrected chi connectivity index (χ3v) is 3.18. The Balaban J connectivity index is 1.63. The van der Waals surface area contributed by atoms with E-state index in [9.17, 15) is 0 Å². The van der Waals surface area contributed by atoms with Gasteiger partial charge in [0, 0.05) is 12.0 Å². The van der Waals surface area contributed by atoms with E-state index in [1.165, 1.54) is 0 Å². The number of hydrogen-bond acceptors (Lipinski definition) is 8. The molecular weight excluding hydrogens is 288 g/mol. The average Bonchev–Trinajstić information content (AvgIpc) is 3.26. The molecule has 8 nitrogen and oxygen atoms in total. The van der Waals surface area contributed by atoms with Crippen molar-refractivity contribution in [3.05, 3.63) is 24.0 Å². The first-order valence-electron chi connectivity index (χ1n) is 6.90. The number of hydrogen-bond donors (Lipinski definition) is 0. The maximum absolute atomic E-state index is 5.33. The molecule has 22 heavy (non-hydrogen) atoms. The van der Waals surface area contributed by atoms with Gasteiger partial charge < -0.3 is 18.5 Å². The molecule has 0 fully saturated rings. The molecule has 0 radical (unpaired) electrons. The second kappa shape index (κ2) is 5.14. The first-order valence-corrected chi connectivity index (χ1v) is 6.90. The molecule has 3 aromatic rings. The topological polar surface area (TPSA) is 96.3 Å². The van der Waals surface area contributed by atoms with Crippen molar-refractivity contribution >= 4 is 0 Å². The second-order valence-electron chi connectivity index (χ2n) is 4.76. The van der Waals surface area contributed by atoms with Crippen LogP contribution in [0.15, 0.2) is 27.2 Å². The molecule has 0 saturated heterocycles. The van der Waals surface area contributed by atoms with E-state index in [0.29, 0.717) is 23.1 Å². The summed E-state index contributed by atoms with van der Waals surface area (Å²) in [6, 6.07) is 5.44. The molecule has 2 aromatic heterocycles. The third-order valence-electron chi connectivity index (χ3n) is 3.18. The molecule has 0 aliphatic carbocycles. The summed E-state index contributed by atoms with van der Waals surface area (Å²) >= 11 is 0. The van der Waals surface area contributed by atoms with Crippen LogP contribution in [0.1, 0.15) is 19.2 Å². The van der Waals surface area contributed by atoms with Crippen molar-refractivity contribution in [1.82, 2.24) is 20.3 Å². The van der Waals surface area contributed by atoms with Crippen LogP contribution < -0.4 is 9.47 Å². The van der Waals surface area contributed by atoms with Crippen molar-refractivity contribution in [2.45, 2.75) is 19.8 Å². The van der Waals surface area contributed by atoms with Gasteiger partial charge in [0.2, 0.25) is 12.6 Å². The molecule has 112 valence electrons. The molecule has 1 aliphatic heterocycles. The van der Waals surface area contributed by atoms with Gasteiger partial charge in [-0.25, -0.2) is 0 Å². The molecule has 1 aliphatic rings. The molecule has 8 heteroatoms. The lowest BCUT2D eigenvalue weighted by Gasteiger charge is -1.97. The first kappa shape index (κ1) is 12.8. The standard InChI is InChI=1S/C14H12N4O4/c1-2-3-11-15-13(21-17-11)14-16-12(18-22-14)8-4-5-9-10(6-8)20-7-19-9/h4-6H,2-3,7H2,1H3. The molecule has 4 rings (SSSR count). The Kier molecular flexibility index (Phi) is 2.99. The SMILES string of the molecule is CCCc1noc(-c2nc(-c3ccc4c(c3)OCO4)no2)n1. The zero-order valence-corrected chi connectivity index (χ0v) is 11.8. The molecule has 1 aromatic carbocycles. The molecule has 0 spiro atoms. The number of rotatable bonds is 4. The summed E-state index contributed by atoms with van der Waals surface area (Å²) in [6.45, 7) is 2.26. The second-order valence-corrected chi connectivity index (χ2v) is 4.76. The number of benzene rings is 1. The van der Waals surface area contributed by atoms with Crippen LogP contribution in [-0.2, 0) is 6.42 Å². The molecule has 0 amide bonds. The number of aromatic nitrogens is 4. The molecule has 0 N–H and O–H groups in total. The zero-order valence-electron chi connectivity index (χ0n) is 11.8. The van der Waals surface area contributed by atoms with Gasteiger partial charge in [-0.2, -0.15) is 9.97 Å². The minimum atomic E-state index is 0.197. The van der Waals surface area contributed by atoms with Crippen LogP contribution in [0.2, 0.25) is 0 Å². The number of aryl methyl sites for hydroxylation is 1. The maximum Gasteiger partial charge on any atom is 0.316 e. The minimum Gasteiger partial charge on any atom is -0.454 e. The van der Waals surface area contributed by atoms with E-state index in [4.69, 9.17) is 18.5 Å². The van der Waals surface area contributed by atoms with Gasteiger partial charge in [0.25, 0.3) is 0 Å². The van der Waals surface area contributed by atoms with Gasteiger partial charge >= 0.3 is 11.8 Å². The Morgan fingerprint density at radius 3 is 2.73 bits per heavy atom. The van der Waals surface area contributed by atoms with Gasteiger partial charge in [-0.15, -0.1) is 0 Å². The molecule has 0 saturated carbocycles. The first-order chi connectivity index (χ1) is 10.8. The smallest absolute Gasteiger partial charge is 0.316 e. The van der Waals surface area contributed by atoms with Crippen LogP contribution in [0.4, 0.5) is 0 Å². The highest BCUT2D eigenvalue weighted by Crippen LogP contribution is 2.35. The summed E-state index contributed by atoms with van der Waals surface area (Å²) < 4.78 is 20.9. The minimum absolute atomic E-state index is 0.197. The van der Waals surface area contributed by atoms with Crippen molar-refractivity contribution in [3.63, 3.8) is 0 Å². The largest absolute Gasteiger partial charge is 0.454 e. The van der Waals surface area contributed by atoms with Crippen molar-refractivity contribution in [1.29, 1.82) is 0 Å². The van der Waals surface area contributed by atoms with Crippen molar-refractivity contribution in [2.24, 2.45) is 0 Å². The lowest BCUT2D eigenvalue weighted by molar-refractivity contribution is 0.174. The zero-order chi connectivity index (χ0) is 14.9. The summed E-state index contributed by atoms with van der Waals surface area (Å²) in [5.74, 6) is 2.83. The van der Waals surface area contributed by atoms with Gasteiger partial charge in [-0.3, -0.25) is 0 Å². The molecule has 0 unspecified atom stereocenters. The van der Waals surface area contributed by atoms with Crippen LogP contribution in [0.5, 0.6) is 11.5 Å². The Labute approximate surface area is 125 Å². The van der Waals surface area contributed by atoms with E-state index in [0.717, 1.165) is 18.4 Å². The highest BCUT2D eigenvalue weighted by molar-refractivity contribution is 5.62. The van der Waals surface area contributed by atoms with E-state index < -0.39 is 0 Å². The van der Waals surface area contributed by atoms with E-state index in [-0.39, 0.29) is 18.6 Å². The molecular formula is C14H12N4O4. The predicted octanol–water partition coefficient (Wildman–Crippen LogP) is 2.47. The van der Waals surface area contributed by atoms with Crippen molar-refractivity contribution in [3.8, 4) is 34.7 Å². The average molecular weight is 300 g/mol. The summed E-state index contributed by atoms with van der Waals surface area (Å²) in [5, 5.41) is 7.79. The summed E-state index contributed by atoms with van der Waals surface area (Å²) in [6.07, 6.45) is 1.68. The van der Waals surface area contributed by atoms with Gasteiger partial charge in [-0.05, 0) is 24.6 Å². The molecule has 3 heterocycles. The summed E-state index contributed by atoms with van der Waals surface area (Å²) in [5.41, 5.74) is 0.757. The number of nitrogens with zero attached hydrogens (tertiary/aromatic N) is 4. The Bertz CT molecular complexity index is 811. The van der Waals surface area contributed by atoms with Crippen molar-refractivity contribution in [2.75, 3.05) is 6.79 Å². The van der Waals surface area contributed by atoms with Crippen LogP contribution >= 0.6 is 0 Å². The van der Waals surface area contributed by atoms with Crippen LogP contribution in [0.25, 0.3) is 23.2 Å². The fourth-order valence-corrected chi connectivity index (χ4v) is 2.13. The van der Waals surface area contributed by atoms with Gasteiger partial charge in [-0.1, -0.05) is 17.2 Å². The van der Waals surface area contributed by atoms with Crippen LogP contribution in [-0.4, -0.2) is 27.1 Å².